The maximum absolute atomic E-state index is 11.8. The maximum atomic E-state index is 11.8. The Bertz CT molecular complexity index is 695. The number of hydrazine groups is 1. The van der Waals surface area contributed by atoms with Gasteiger partial charge < -0.3 is 4.57 Å². The minimum atomic E-state index is -0.308. The normalized spacial score (nSPS) is 12.0. The van der Waals surface area contributed by atoms with Crippen molar-refractivity contribution >= 4 is 21.8 Å². The highest BCUT2D eigenvalue weighted by atomic mass is 79.9. The summed E-state index contributed by atoms with van der Waals surface area (Å²) in [6, 6.07) is 10.8. The molecule has 0 spiro atoms. The molecule has 21 heavy (non-hydrogen) atoms. The number of carbonyl (C=O) groups excluding carboxylic acids is 1. The van der Waals surface area contributed by atoms with Gasteiger partial charge in [0.25, 0.3) is 5.56 Å². The molecule has 3 N–H and O–H groups in total. The molecular formula is C15H16BrN3O2. The van der Waals surface area contributed by atoms with Crippen molar-refractivity contribution in [1.82, 2.24) is 9.99 Å². The highest BCUT2D eigenvalue weighted by molar-refractivity contribution is 9.10. The Morgan fingerprint density at radius 2 is 1.95 bits per heavy atom. The summed E-state index contributed by atoms with van der Waals surface area (Å²) in [5.74, 6) is 4.59. The summed E-state index contributed by atoms with van der Waals surface area (Å²) in [6.07, 6.45) is 1.75. The van der Waals surface area contributed by atoms with Crippen LogP contribution in [0.15, 0.2) is 51.9 Å². The lowest BCUT2D eigenvalue weighted by molar-refractivity contribution is -0.122. The molecule has 2 aromatic rings. The molecule has 2 rings (SSSR count). The second-order valence-electron chi connectivity index (χ2n) is 4.79. The van der Waals surface area contributed by atoms with E-state index in [0.717, 1.165) is 15.6 Å². The van der Waals surface area contributed by atoms with Gasteiger partial charge in [-0.3, -0.25) is 15.0 Å². The molecule has 6 heteroatoms. The number of nitrogens with two attached hydrogens (primary N) is 1. The summed E-state index contributed by atoms with van der Waals surface area (Å²) in [4.78, 5) is 23.2. The first-order chi connectivity index (χ1) is 10.0. The molecule has 0 aliphatic heterocycles. The first-order valence-corrected chi connectivity index (χ1v) is 7.26. The molecule has 1 aromatic carbocycles. The van der Waals surface area contributed by atoms with Crippen LogP contribution in [0.4, 0.5) is 0 Å². The highest BCUT2D eigenvalue weighted by Gasteiger charge is 2.13. The molecule has 0 bridgehead atoms. The van der Waals surface area contributed by atoms with E-state index >= 15 is 0 Å². The van der Waals surface area contributed by atoms with Crippen molar-refractivity contribution in [2.75, 3.05) is 0 Å². The third-order valence-corrected chi connectivity index (χ3v) is 3.78. The van der Waals surface area contributed by atoms with Crippen LogP contribution in [0.1, 0.15) is 24.0 Å². The number of nitrogens with one attached hydrogen (secondary N) is 1. The lowest BCUT2D eigenvalue weighted by Crippen LogP contribution is -2.33. The molecule has 0 aliphatic rings. The molecule has 0 aliphatic carbocycles. The minimum absolute atomic E-state index is 0.0573. The fraction of sp³-hybridized carbons (Fsp3) is 0.200. The van der Waals surface area contributed by atoms with E-state index in [1.807, 2.05) is 24.3 Å². The van der Waals surface area contributed by atoms with Crippen LogP contribution in [0.2, 0.25) is 0 Å². The predicted octanol–water partition coefficient (Wildman–Crippen LogP) is 1.75. The Balaban J connectivity index is 2.18. The Labute approximate surface area is 130 Å². The highest BCUT2D eigenvalue weighted by Crippen LogP contribution is 2.16. The molecule has 1 heterocycles. The van der Waals surface area contributed by atoms with Crippen molar-refractivity contribution in [3.8, 4) is 0 Å². The Hall–Kier alpha value is -1.92. The standard InChI is InChI=1S/C15H16BrN3O2/c1-10(15(21)18-17)12-4-2-11(3-5-12)8-19-9-13(16)6-7-14(19)20/h2-7,9-10H,8,17H2,1H3,(H,18,21). The summed E-state index contributed by atoms with van der Waals surface area (Å²) < 4.78 is 2.47. The van der Waals surface area contributed by atoms with Gasteiger partial charge in [0.2, 0.25) is 5.91 Å². The number of hydrogen-bond acceptors (Lipinski definition) is 3. The molecule has 1 unspecified atom stereocenters. The monoisotopic (exact) mass is 349 g/mol. The number of rotatable bonds is 4. The number of carbonyl (C=O) groups is 1. The topological polar surface area (TPSA) is 77.1 Å². The third kappa shape index (κ3) is 3.80. The number of benzene rings is 1. The molecule has 1 atom stereocenters. The fourth-order valence-electron chi connectivity index (χ4n) is 2.01. The van der Waals surface area contributed by atoms with E-state index in [1.165, 1.54) is 6.07 Å². The minimum Gasteiger partial charge on any atom is -0.310 e. The van der Waals surface area contributed by atoms with E-state index in [4.69, 9.17) is 5.84 Å². The van der Waals surface area contributed by atoms with Gasteiger partial charge >= 0.3 is 0 Å². The SMILES string of the molecule is CC(C(=O)NN)c1ccc(Cn2cc(Br)ccc2=O)cc1. The number of amides is 1. The van der Waals surface area contributed by atoms with E-state index < -0.39 is 0 Å². The molecular weight excluding hydrogens is 334 g/mol. The van der Waals surface area contributed by atoms with E-state index in [9.17, 15) is 9.59 Å². The van der Waals surface area contributed by atoms with Crippen LogP contribution in [0.3, 0.4) is 0 Å². The third-order valence-electron chi connectivity index (χ3n) is 3.32. The second kappa shape index (κ2) is 6.69. The summed E-state index contributed by atoms with van der Waals surface area (Å²) in [6.45, 7) is 2.27. The molecule has 5 nitrogen and oxygen atoms in total. The summed E-state index contributed by atoms with van der Waals surface area (Å²) in [5.41, 5.74) is 3.95. The molecule has 0 saturated heterocycles. The van der Waals surface area contributed by atoms with Gasteiger partial charge in [-0.2, -0.15) is 0 Å². The van der Waals surface area contributed by atoms with Crippen molar-refractivity contribution in [2.24, 2.45) is 5.84 Å². The van der Waals surface area contributed by atoms with Gasteiger partial charge in [-0.25, -0.2) is 5.84 Å². The zero-order chi connectivity index (χ0) is 15.4. The van der Waals surface area contributed by atoms with E-state index in [0.29, 0.717) is 6.54 Å². The second-order valence-corrected chi connectivity index (χ2v) is 5.70. The van der Waals surface area contributed by atoms with Crippen LogP contribution >= 0.6 is 15.9 Å². The summed E-state index contributed by atoms with van der Waals surface area (Å²) in [7, 11) is 0. The van der Waals surface area contributed by atoms with Crippen molar-refractivity contribution in [3.63, 3.8) is 0 Å². The number of aromatic nitrogens is 1. The molecule has 110 valence electrons. The van der Waals surface area contributed by atoms with Crippen LogP contribution < -0.4 is 16.8 Å². The quantitative estimate of drug-likeness (QED) is 0.501. The Kier molecular flexibility index (Phi) is 4.93. The number of nitrogens with zero attached hydrogens (tertiary/aromatic N) is 1. The maximum Gasteiger partial charge on any atom is 0.250 e. The molecule has 0 fully saturated rings. The predicted molar refractivity (Wildman–Crippen MR) is 84.7 cm³/mol. The summed E-state index contributed by atoms with van der Waals surface area (Å²) >= 11 is 3.35. The first-order valence-electron chi connectivity index (χ1n) is 6.46. The van der Waals surface area contributed by atoms with Crippen LogP contribution in [-0.2, 0) is 11.3 Å². The number of hydrogen-bond donors (Lipinski definition) is 2. The van der Waals surface area contributed by atoms with Gasteiger partial charge in [-0.1, -0.05) is 24.3 Å². The molecule has 0 saturated carbocycles. The van der Waals surface area contributed by atoms with Crippen LogP contribution in [-0.4, -0.2) is 10.5 Å². The zero-order valence-electron chi connectivity index (χ0n) is 11.5. The van der Waals surface area contributed by atoms with Crippen LogP contribution in [0.25, 0.3) is 0 Å². The average Bonchev–Trinajstić information content (AvgIpc) is 2.50. The number of halogens is 1. The van der Waals surface area contributed by atoms with Gasteiger partial charge in [0, 0.05) is 16.7 Å². The van der Waals surface area contributed by atoms with Gasteiger partial charge in [0.15, 0.2) is 0 Å². The van der Waals surface area contributed by atoms with Crippen LogP contribution in [0.5, 0.6) is 0 Å². The van der Waals surface area contributed by atoms with Crippen molar-refractivity contribution in [1.29, 1.82) is 0 Å². The van der Waals surface area contributed by atoms with Gasteiger partial charge in [-0.05, 0) is 40.0 Å². The van der Waals surface area contributed by atoms with Crippen molar-refractivity contribution < 1.29 is 4.79 Å². The average molecular weight is 350 g/mol. The molecule has 1 aromatic heterocycles. The number of pyridine rings is 1. The lowest BCUT2D eigenvalue weighted by atomic mass is 9.99. The van der Waals surface area contributed by atoms with Gasteiger partial charge in [-0.15, -0.1) is 0 Å². The molecule has 1 amide bonds. The fourth-order valence-corrected chi connectivity index (χ4v) is 2.39. The van der Waals surface area contributed by atoms with E-state index in [2.05, 4.69) is 21.4 Å². The van der Waals surface area contributed by atoms with E-state index in [-0.39, 0.29) is 17.4 Å². The summed E-state index contributed by atoms with van der Waals surface area (Å²) in [5, 5.41) is 0. The van der Waals surface area contributed by atoms with Crippen LogP contribution in [0, 0.1) is 0 Å². The largest absolute Gasteiger partial charge is 0.310 e. The van der Waals surface area contributed by atoms with Gasteiger partial charge in [0.1, 0.15) is 0 Å². The van der Waals surface area contributed by atoms with E-state index in [1.54, 1.807) is 23.8 Å². The molecule has 0 radical (unpaired) electrons. The zero-order valence-corrected chi connectivity index (χ0v) is 13.1. The van der Waals surface area contributed by atoms with Crippen molar-refractivity contribution in [2.45, 2.75) is 19.4 Å². The Morgan fingerprint density at radius 1 is 1.29 bits per heavy atom. The smallest absolute Gasteiger partial charge is 0.250 e. The van der Waals surface area contributed by atoms with Crippen molar-refractivity contribution in [3.05, 3.63) is 68.5 Å². The Morgan fingerprint density at radius 3 is 2.57 bits per heavy atom. The first kappa shape index (κ1) is 15.5. The lowest BCUT2D eigenvalue weighted by Gasteiger charge is -2.11. The van der Waals surface area contributed by atoms with Gasteiger partial charge in [0.05, 0.1) is 12.5 Å².